The zero-order valence-electron chi connectivity index (χ0n) is 10.3. The van der Waals surface area contributed by atoms with Gasteiger partial charge in [-0.05, 0) is 6.07 Å². The fourth-order valence-electron chi connectivity index (χ4n) is 1.20. The monoisotopic (exact) mass is 287 g/mol. The Morgan fingerprint density at radius 3 is 2.84 bits per heavy atom. The number of halogens is 1. The Kier molecular flexibility index (Phi) is 6.04. The molecule has 0 atom stereocenters. The molecular formula is C11H14ClN3O4. The highest BCUT2D eigenvalue weighted by Gasteiger charge is 2.09. The van der Waals surface area contributed by atoms with Crippen molar-refractivity contribution in [1.29, 1.82) is 0 Å². The maximum absolute atomic E-state index is 11.4. The van der Waals surface area contributed by atoms with Gasteiger partial charge < -0.3 is 20.5 Å². The highest BCUT2D eigenvalue weighted by atomic mass is 35.5. The van der Waals surface area contributed by atoms with Crippen molar-refractivity contribution in [3.63, 3.8) is 0 Å². The van der Waals surface area contributed by atoms with E-state index >= 15 is 0 Å². The second-order valence-electron chi connectivity index (χ2n) is 3.56. The third-order valence-electron chi connectivity index (χ3n) is 2.13. The summed E-state index contributed by atoms with van der Waals surface area (Å²) >= 11 is 5.84. The van der Waals surface area contributed by atoms with Gasteiger partial charge in [-0.1, -0.05) is 11.6 Å². The molecule has 19 heavy (non-hydrogen) atoms. The number of nitrogens with zero attached hydrogens (tertiary/aromatic N) is 1. The molecule has 0 saturated heterocycles. The minimum absolute atomic E-state index is 0.0111. The fourth-order valence-corrected chi connectivity index (χ4v) is 1.44. The lowest BCUT2D eigenvalue weighted by Crippen LogP contribution is -2.32. The predicted molar refractivity (Wildman–Crippen MR) is 69.6 cm³/mol. The highest BCUT2D eigenvalue weighted by molar-refractivity contribution is 6.33. The summed E-state index contributed by atoms with van der Waals surface area (Å²) in [6.45, 7) is 0.830. The minimum atomic E-state index is -1.11. The SMILES string of the molecule is COCCNC(=O)CNc1ncc(C(=O)O)cc1Cl. The van der Waals surface area contributed by atoms with Crippen LogP contribution in [-0.4, -0.2) is 48.8 Å². The number of pyridine rings is 1. The molecule has 104 valence electrons. The van der Waals surface area contributed by atoms with Crippen molar-refractivity contribution in [3.8, 4) is 0 Å². The van der Waals surface area contributed by atoms with Crippen LogP contribution in [0.4, 0.5) is 5.82 Å². The van der Waals surface area contributed by atoms with Crippen molar-refractivity contribution in [2.45, 2.75) is 0 Å². The molecule has 1 rings (SSSR count). The Morgan fingerprint density at radius 2 is 2.26 bits per heavy atom. The van der Waals surface area contributed by atoms with E-state index in [-0.39, 0.29) is 28.9 Å². The van der Waals surface area contributed by atoms with Gasteiger partial charge in [-0.25, -0.2) is 9.78 Å². The van der Waals surface area contributed by atoms with Crippen LogP contribution < -0.4 is 10.6 Å². The number of methoxy groups -OCH3 is 1. The molecule has 0 aromatic carbocycles. The average Bonchev–Trinajstić information content (AvgIpc) is 2.37. The second kappa shape index (κ2) is 7.55. The summed E-state index contributed by atoms with van der Waals surface area (Å²) in [5.74, 6) is -1.09. The first-order chi connectivity index (χ1) is 9.04. The zero-order chi connectivity index (χ0) is 14.3. The second-order valence-corrected chi connectivity index (χ2v) is 3.96. The van der Waals surface area contributed by atoms with Gasteiger partial charge in [0.25, 0.3) is 0 Å². The van der Waals surface area contributed by atoms with Gasteiger partial charge in [-0.15, -0.1) is 0 Å². The van der Waals surface area contributed by atoms with E-state index in [0.717, 1.165) is 0 Å². The molecule has 0 aliphatic heterocycles. The lowest BCUT2D eigenvalue weighted by molar-refractivity contribution is -0.119. The number of anilines is 1. The Hall–Kier alpha value is -1.86. The molecule has 1 amide bonds. The molecule has 8 heteroatoms. The number of ether oxygens (including phenoxy) is 1. The summed E-state index contributed by atoms with van der Waals surface area (Å²) in [5, 5.41) is 14.2. The van der Waals surface area contributed by atoms with Gasteiger partial charge in [0.1, 0.15) is 5.82 Å². The summed E-state index contributed by atoms with van der Waals surface area (Å²) in [5.41, 5.74) is -0.0138. The number of hydrogen-bond donors (Lipinski definition) is 3. The van der Waals surface area contributed by atoms with Crippen LogP contribution >= 0.6 is 11.6 Å². The van der Waals surface area contributed by atoms with Crippen molar-refractivity contribution in [1.82, 2.24) is 10.3 Å². The molecule has 0 spiro atoms. The van der Waals surface area contributed by atoms with Crippen molar-refractivity contribution in [3.05, 3.63) is 22.8 Å². The van der Waals surface area contributed by atoms with Crippen LogP contribution in [0.2, 0.25) is 5.02 Å². The topological polar surface area (TPSA) is 101 Å². The molecule has 0 radical (unpaired) electrons. The van der Waals surface area contributed by atoms with E-state index in [1.807, 2.05) is 0 Å². The number of carbonyl (C=O) groups excluding carboxylic acids is 1. The maximum atomic E-state index is 11.4. The molecule has 1 aromatic heterocycles. The van der Waals surface area contributed by atoms with E-state index in [4.69, 9.17) is 21.4 Å². The van der Waals surface area contributed by atoms with Gasteiger partial charge in [0.15, 0.2) is 0 Å². The largest absolute Gasteiger partial charge is 0.478 e. The van der Waals surface area contributed by atoms with E-state index in [1.165, 1.54) is 19.4 Å². The van der Waals surface area contributed by atoms with Crippen LogP contribution in [-0.2, 0) is 9.53 Å². The van der Waals surface area contributed by atoms with Gasteiger partial charge in [0.2, 0.25) is 5.91 Å². The van der Waals surface area contributed by atoms with E-state index in [0.29, 0.717) is 13.2 Å². The molecule has 0 saturated carbocycles. The van der Waals surface area contributed by atoms with Crippen LogP contribution in [0.15, 0.2) is 12.3 Å². The number of carboxylic acids is 1. The number of hydrogen-bond acceptors (Lipinski definition) is 5. The first-order valence-electron chi connectivity index (χ1n) is 5.43. The van der Waals surface area contributed by atoms with Crippen LogP contribution in [0.25, 0.3) is 0 Å². The van der Waals surface area contributed by atoms with Gasteiger partial charge >= 0.3 is 5.97 Å². The van der Waals surface area contributed by atoms with E-state index < -0.39 is 5.97 Å². The van der Waals surface area contributed by atoms with Crippen LogP contribution in [0, 0.1) is 0 Å². The molecule has 7 nitrogen and oxygen atoms in total. The molecule has 0 aliphatic rings. The van der Waals surface area contributed by atoms with E-state index in [9.17, 15) is 9.59 Å². The molecule has 0 unspecified atom stereocenters. The molecule has 1 aromatic rings. The van der Waals surface area contributed by atoms with Gasteiger partial charge in [-0.2, -0.15) is 0 Å². The Labute approximate surface area is 114 Å². The number of carboxylic acid groups (broad SMARTS) is 1. The predicted octanol–water partition coefficient (Wildman–Crippen LogP) is 0.608. The third kappa shape index (κ3) is 5.11. The van der Waals surface area contributed by atoms with Gasteiger partial charge in [0, 0.05) is 19.9 Å². The lowest BCUT2D eigenvalue weighted by Gasteiger charge is -2.08. The molecule has 3 N–H and O–H groups in total. The van der Waals surface area contributed by atoms with Crippen LogP contribution in [0.1, 0.15) is 10.4 Å². The zero-order valence-corrected chi connectivity index (χ0v) is 11.0. The molecule has 0 aliphatic carbocycles. The molecule has 0 fully saturated rings. The van der Waals surface area contributed by atoms with E-state index in [1.54, 1.807) is 0 Å². The summed E-state index contributed by atoms with van der Waals surface area (Å²) in [6, 6.07) is 1.27. The minimum Gasteiger partial charge on any atom is -0.478 e. The quantitative estimate of drug-likeness (QED) is 0.635. The standard InChI is InChI=1S/C11H14ClN3O4/c1-19-3-2-13-9(16)6-15-10-8(12)4-7(5-14-10)11(17)18/h4-5H,2-3,6H2,1H3,(H,13,16)(H,14,15)(H,17,18). The van der Waals surface area contributed by atoms with Crippen LogP contribution in [0.3, 0.4) is 0 Å². The number of rotatable bonds is 7. The average molecular weight is 288 g/mol. The maximum Gasteiger partial charge on any atom is 0.337 e. The normalized spacial score (nSPS) is 10.0. The van der Waals surface area contributed by atoms with Gasteiger partial charge in [-0.3, -0.25) is 4.79 Å². The number of nitrogens with one attached hydrogen (secondary N) is 2. The number of carbonyl (C=O) groups is 2. The smallest absolute Gasteiger partial charge is 0.337 e. The third-order valence-corrected chi connectivity index (χ3v) is 2.42. The fraction of sp³-hybridized carbons (Fsp3) is 0.364. The van der Waals surface area contributed by atoms with Crippen molar-refractivity contribution >= 4 is 29.3 Å². The molecule has 0 bridgehead atoms. The Balaban J connectivity index is 2.49. The highest BCUT2D eigenvalue weighted by Crippen LogP contribution is 2.19. The summed E-state index contributed by atoms with van der Waals surface area (Å²) in [4.78, 5) is 25.9. The lowest BCUT2D eigenvalue weighted by atomic mass is 10.3. The number of aromatic nitrogens is 1. The van der Waals surface area contributed by atoms with Crippen molar-refractivity contribution in [2.75, 3.05) is 32.1 Å². The summed E-state index contributed by atoms with van der Waals surface area (Å²) in [6.07, 6.45) is 1.17. The van der Waals surface area contributed by atoms with Gasteiger partial charge in [0.05, 0.1) is 23.7 Å². The summed E-state index contributed by atoms with van der Waals surface area (Å²) in [7, 11) is 1.54. The molecular weight excluding hydrogens is 274 g/mol. The summed E-state index contributed by atoms with van der Waals surface area (Å²) < 4.78 is 4.79. The first kappa shape index (κ1) is 15.2. The Morgan fingerprint density at radius 1 is 1.53 bits per heavy atom. The van der Waals surface area contributed by atoms with Crippen molar-refractivity contribution < 1.29 is 19.4 Å². The van der Waals surface area contributed by atoms with E-state index in [2.05, 4.69) is 15.6 Å². The number of aromatic carboxylic acids is 1. The van der Waals surface area contributed by atoms with Crippen molar-refractivity contribution in [2.24, 2.45) is 0 Å². The molecule has 1 heterocycles. The first-order valence-corrected chi connectivity index (χ1v) is 5.80. The Bertz CT molecular complexity index is 467. The van der Waals surface area contributed by atoms with Crippen LogP contribution in [0.5, 0.6) is 0 Å². The number of amides is 1.